The molecular weight excluding hydrogens is 291 g/mol. The second kappa shape index (κ2) is 6.95. The molecule has 0 spiro atoms. The van der Waals surface area contributed by atoms with Crippen LogP contribution in [0.4, 0.5) is 4.39 Å². The van der Waals surface area contributed by atoms with Crippen LogP contribution < -0.4 is 16.6 Å². The maximum atomic E-state index is 14.1. The molecule has 1 aromatic heterocycles. The van der Waals surface area contributed by atoms with Crippen LogP contribution in [0.5, 0.6) is 0 Å². The molecule has 0 aliphatic rings. The molecule has 114 valence electrons. The number of hydrazine groups is 1. The van der Waals surface area contributed by atoms with Crippen LogP contribution in [0.1, 0.15) is 15.2 Å². The second-order valence-electron chi connectivity index (χ2n) is 4.84. The first-order valence-corrected chi connectivity index (χ1v) is 7.44. The molecule has 21 heavy (non-hydrogen) atoms. The van der Waals surface area contributed by atoms with Crippen molar-refractivity contribution in [2.75, 3.05) is 27.2 Å². The molecule has 0 radical (unpaired) electrons. The van der Waals surface area contributed by atoms with Gasteiger partial charge in [-0.05, 0) is 26.2 Å². The lowest BCUT2D eigenvalue weighted by Gasteiger charge is -2.17. The Labute approximate surface area is 126 Å². The van der Waals surface area contributed by atoms with Crippen molar-refractivity contribution in [1.82, 2.24) is 15.6 Å². The van der Waals surface area contributed by atoms with Crippen molar-refractivity contribution in [1.29, 1.82) is 0 Å². The molecule has 0 unspecified atom stereocenters. The summed E-state index contributed by atoms with van der Waals surface area (Å²) in [6.45, 7) is 2.11. The van der Waals surface area contributed by atoms with Crippen LogP contribution in [0.3, 0.4) is 0 Å². The molecule has 0 bridgehead atoms. The Morgan fingerprint density at radius 1 is 1.48 bits per heavy atom. The summed E-state index contributed by atoms with van der Waals surface area (Å²) in [5.41, 5.74) is 2.83. The van der Waals surface area contributed by atoms with Crippen molar-refractivity contribution >= 4 is 27.3 Å². The molecule has 0 aliphatic carbocycles. The number of hydrogen-bond donors (Lipinski definition) is 3. The van der Waals surface area contributed by atoms with Gasteiger partial charge < -0.3 is 10.2 Å². The molecule has 7 heteroatoms. The van der Waals surface area contributed by atoms with Crippen molar-refractivity contribution in [3.63, 3.8) is 0 Å². The summed E-state index contributed by atoms with van der Waals surface area (Å²) in [6, 6.07) is 4.87. The summed E-state index contributed by atoms with van der Waals surface area (Å²) in [4.78, 5) is 14.4. The van der Waals surface area contributed by atoms with Crippen LogP contribution in [-0.2, 0) is 6.54 Å². The molecular formula is C14H19FN4OS. The topological polar surface area (TPSA) is 70.4 Å². The first kappa shape index (κ1) is 15.8. The summed E-state index contributed by atoms with van der Waals surface area (Å²) in [5.74, 6) is 4.54. The molecule has 0 fully saturated rings. The van der Waals surface area contributed by atoms with Crippen LogP contribution >= 0.6 is 11.3 Å². The average Bonchev–Trinajstić information content (AvgIpc) is 2.84. The van der Waals surface area contributed by atoms with Gasteiger partial charge in [0.2, 0.25) is 0 Å². The lowest BCUT2D eigenvalue weighted by atomic mass is 10.1. The van der Waals surface area contributed by atoms with Crippen molar-refractivity contribution in [3.05, 3.63) is 34.5 Å². The van der Waals surface area contributed by atoms with Gasteiger partial charge in [-0.15, -0.1) is 11.3 Å². The van der Waals surface area contributed by atoms with Gasteiger partial charge in [-0.2, -0.15) is 0 Å². The van der Waals surface area contributed by atoms with E-state index in [-0.39, 0.29) is 11.7 Å². The standard InChI is InChI=1S/C14H19FN4OS/c1-17-6-7-19(2)8-9-12-10(15)4-3-5-11(12)21-13(9)14(20)18-16/h3-5,17H,6-8,16H2,1-2H3,(H,18,20). The fraction of sp³-hybridized carbons (Fsp3) is 0.357. The molecule has 5 nitrogen and oxygen atoms in total. The molecule has 0 aliphatic heterocycles. The van der Waals surface area contributed by atoms with Crippen LogP contribution in [-0.4, -0.2) is 38.0 Å². The predicted molar refractivity (Wildman–Crippen MR) is 83.7 cm³/mol. The monoisotopic (exact) mass is 310 g/mol. The number of amides is 1. The number of nitrogen functional groups attached to an aromatic ring is 1. The molecule has 0 saturated heterocycles. The molecule has 0 atom stereocenters. The highest BCUT2D eigenvalue weighted by Gasteiger charge is 2.21. The van der Waals surface area contributed by atoms with Gasteiger partial charge >= 0.3 is 0 Å². The van der Waals surface area contributed by atoms with Gasteiger partial charge in [-0.25, -0.2) is 10.2 Å². The summed E-state index contributed by atoms with van der Waals surface area (Å²) in [6.07, 6.45) is 0. The zero-order valence-corrected chi connectivity index (χ0v) is 12.9. The van der Waals surface area contributed by atoms with E-state index in [1.165, 1.54) is 17.4 Å². The summed E-state index contributed by atoms with van der Waals surface area (Å²) >= 11 is 1.26. The van der Waals surface area contributed by atoms with E-state index in [0.717, 1.165) is 17.8 Å². The van der Waals surface area contributed by atoms with Gasteiger partial charge in [0.15, 0.2) is 0 Å². The van der Waals surface area contributed by atoms with Crippen LogP contribution in [0.15, 0.2) is 18.2 Å². The Balaban J connectivity index is 2.44. The third-order valence-electron chi connectivity index (χ3n) is 3.27. The molecule has 4 N–H and O–H groups in total. The summed E-state index contributed by atoms with van der Waals surface area (Å²) in [7, 11) is 3.81. The van der Waals surface area contributed by atoms with Crippen molar-refractivity contribution < 1.29 is 9.18 Å². The van der Waals surface area contributed by atoms with E-state index in [1.807, 2.05) is 25.1 Å². The minimum atomic E-state index is -0.382. The SMILES string of the molecule is CNCCN(C)Cc1c(C(=O)NN)sc2cccc(F)c12. The number of benzene rings is 1. The van der Waals surface area contributed by atoms with Gasteiger partial charge in [0.05, 0.1) is 4.88 Å². The third kappa shape index (κ3) is 3.38. The maximum absolute atomic E-state index is 14.1. The predicted octanol–water partition coefficient (Wildman–Crippen LogP) is 1.30. The zero-order chi connectivity index (χ0) is 15.4. The lowest BCUT2D eigenvalue weighted by molar-refractivity contribution is 0.0956. The Morgan fingerprint density at radius 3 is 2.90 bits per heavy atom. The molecule has 1 amide bonds. The number of rotatable bonds is 6. The number of fused-ring (bicyclic) bond motifs is 1. The smallest absolute Gasteiger partial charge is 0.275 e. The fourth-order valence-electron chi connectivity index (χ4n) is 2.22. The Morgan fingerprint density at radius 2 is 2.24 bits per heavy atom. The Bertz CT molecular complexity index is 643. The maximum Gasteiger partial charge on any atom is 0.275 e. The highest BCUT2D eigenvalue weighted by atomic mass is 32.1. The first-order chi connectivity index (χ1) is 10.1. The molecule has 1 aromatic carbocycles. The van der Waals surface area contributed by atoms with E-state index in [1.54, 1.807) is 6.07 Å². The van der Waals surface area contributed by atoms with Crippen LogP contribution in [0, 0.1) is 5.82 Å². The van der Waals surface area contributed by atoms with Gasteiger partial charge in [-0.1, -0.05) is 6.07 Å². The Kier molecular flexibility index (Phi) is 5.24. The van der Waals surface area contributed by atoms with Gasteiger partial charge in [0.25, 0.3) is 5.91 Å². The Hall–Kier alpha value is -1.54. The van der Waals surface area contributed by atoms with E-state index in [2.05, 4.69) is 10.7 Å². The number of nitrogens with two attached hydrogens (primary N) is 1. The van der Waals surface area contributed by atoms with Gasteiger partial charge in [-0.3, -0.25) is 10.2 Å². The number of carbonyl (C=O) groups is 1. The summed E-state index contributed by atoms with van der Waals surface area (Å²) < 4.78 is 14.9. The summed E-state index contributed by atoms with van der Waals surface area (Å²) in [5, 5.41) is 3.57. The molecule has 1 heterocycles. The number of hydrogen-bond acceptors (Lipinski definition) is 5. The van der Waals surface area contributed by atoms with Crippen LogP contribution in [0.2, 0.25) is 0 Å². The highest BCUT2D eigenvalue weighted by molar-refractivity contribution is 7.21. The first-order valence-electron chi connectivity index (χ1n) is 6.62. The lowest BCUT2D eigenvalue weighted by Crippen LogP contribution is -2.31. The number of carbonyl (C=O) groups excluding carboxylic acids is 1. The largest absolute Gasteiger partial charge is 0.318 e. The molecule has 0 saturated carbocycles. The van der Waals surface area contributed by atoms with E-state index in [0.29, 0.717) is 22.4 Å². The zero-order valence-electron chi connectivity index (χ0n) is 12.1. The van der Waals surface area contributed by atoms with Crippen molar-refractivity contribution in [2.24, 2.45) is 5.84 Å². The van der Waals surface area contributed by atoms with Gasteiger partial charge in [0.1, 0.15) is 5.82 Å². The minimum absolute atomic E-state index is 0.308. The average molecular weight is 310 g/mol. The minimum Gasteiger partial charge on any atom is -0.318 e. The third-order valence-corrected chi connectivity index (χ3v) is 4.47. The number of nitrogens with zero attached hydrogens (tertiary/aromatic N) is 1. The van der Waals surface area contributed by atoms with E-state index in [4.69, 9.17) is 5.84 Å². The number of nitrogens with one attached hydrogen (secondary N) is 2. The van der Waals surface area contributed by atoms with Crippen LogP contribution in [0.25, 0.3) is 10.1 Å². The van der Waals surface area contributed by atoms with E-state index >= 15 is 0 Å². The van der Waals surface area contributed by atoms with Crippen molar-refractivity contribution in [3.8, 4) is 0 Å². The number of halogens is 1. The normalized spacial score (nSPS) is 11.3. The number of thiophene rings is 1. The highest BCUT2D eigenvalue weighted by Crippen LogP contribution is 2.33. The van der Waals surface area contributed by atoms with Crippen molar-refractivity contribution in [2.45, 2.75) is 6.54 Å². The molecule has 2 rings (SSSR count). The van der Waals surface area contributed by atoms with Gasteiger partial charge in [0, 0.05) is 35.3 Å². The molecule has 2 aromatic rings. The quantitative estimate of drug-likeness (QED) is 0.427. The van der Waals surface area contributed by atoms with E-state index < -0.39 is 0 Å². The second-order valence-corrected chi connectivity index (χ2v) is 5.89. The van der Waals surface area contributed by atoms with E-state index in [9.17, 15) is 9.18 Å². The number of likely N-dealkylation sites (N-methyl/N-ethyl adjacent to an activating group) is 2. The fourth-order valence-corrected chi connectivity index (χ4v) is 3.35.